The normalized spacial score (nSPS) is 11.8. The largest absolute Gasteiger partial charge is 0.289 e. The predicted octanol–water partition coefficient (Wildman–Crippen LogP) is 3.30. The number of primary sulfonamides is 1. The van der Waals surface area contributed by atoms with Crippen molar-refractivity contribution in [2.75, 3.05) is 0 Å². The van der Waals surface area contributed by atoms with Crippen molar-refractivity contribution in [3.05, 3.63) is 69.7 Å². The summed E-state index contributed by atoms with van der Waals surface area (Å²) in [4.78, 5) is 12.1. The molecule has 0 aliphatic carbocycles. The number of aryl methyl sites for hydroxylation is 1. The Morgan fingerprint density at radius 2 is 1.86 bits per heavy atom. The topological polar surface area (TPSA) is 77.2 Å². The second-order valence-corrected chi connectivity index (χ2v) is 7.13. The summed E-state index contributed by atoms with van der Waals surface area (Å²) in [5.41, 5.74) is 2.24. The van der Waals surface area contributed by atoms with E-state index < -0.39 is 10.0 Å². The van der Waals surface area contributed by atoms with Crippen molar-refractivity contribution in [2.45, 2.75) is 11.8 Å². The third-order valence-electron chi connectivity index (χ3n) is 3.12. The highest BCUT2D eigenvalue weighted by molar-refractivity contribution is 9.10. The number of carbonyl (C=O) groups excluding carboxylic acids is 1. The average molecular weight is 380 g/mol. The van der Waals surface area contributed by atoms with Crippen LogP contribution in [0, 0.1) is 6.92 Å². The molecular weight excluding hydrogens is 366 g/mol. The van der Waals surface area contributed by atoms with E-state index in [1.165, 1.54) is 18.2 Å². The molecule has 0 aromatic heterocycles. The number of allylic oxidation sites excluding steroid dienone is 1. The highest BCUT2D eigenvalue weighted by Crippen LogP contribution is 2.22. The first-order valence-electron chi connectivity index (χ1n) is 6.39. The van der Waals surface area contributed by atoms with Crippen LogP contribution in [0.4, 0.5) is 0 Å². The van der Waals surface area contributed by atoms with Crippen LogP contribution in [0.25, 0.3) is 6.08 Å². The van der Waals surface area contributed by atoms with Gasteiger partial charge in [-0.15, -0.1) is 0 Å². The van der Waals surface area contributed by atoms with Crippen LogP contribution in [0.15, 0.2) is 57.9 Å². The van der Waals surface area contributed by atoms with E-state index in [0.29, 0.717) is 4.47 Å². The van der Waals surface area contributed by atoms with Gasteiger partial charge in [0.05, 0.1) is 4.90 Å². The molecule has 0 aliphatic rings. The Hall–Kier alpha value is -1.76. The van der Waals surface area contributed by atoms with Gasteiger partial charge in [-0.2, -0.15) is 0 Å². The average Bonchev–Trinajstić information content (AvgIpc) is 2.45. The van der Waals surface area contributed by atoms with Crippen LogP contribution in [0.2, 0.25) is 0 Å². The van der Waals surface area contributed by atoms with Crippen LogP contribution in [-0.4, -0.2) is 14.2 Å². The maximum atomic E-state index is 12.2. The molecule has 0 radical (unpaired) electrons. The molecule has 6 heteroatoms. The van der Waals surface area contributed by atoms with Crippen molar-refractivity contribution in [1.82, 2.24) is 0 Å². The molecule has 0 saturated carbocycles. The number of rotatable bonds is 4. The molecule has 0 bridgehead atoms. The quantitative estimate of drug-likeness (QED) is 0.653. The van der Waals surface area contributed by atoms with Crippen molar-refractivity contribution in [2.24, 2.45) is 5.14 Å². The number of nitrogens with two attached hydrogens (primary N) is 1. The minimum absolute atomic E-state index is 0.109. The fourth-order valence-electron chi connectivity index (χ4n) is 1.91. The van der Waals surface area contributed by atoms with Gasteiger partial charge in [0.15, 0.2) is 5.78 Å². The number of ketones is 1. The third kappa shape index (κ3) is 3.91. The van der Waals surface area contributed by atoms with Gasteiger partial charge >= 0.3 is 0 Å². The molecule has 0 atom stereocenters. The van der Waals surface area contributed by atoms with Crippen LogP contribution >= 0.6 is 15.9 Å². The van der Waals surface area contributed by atoms with Gasteiger partial charge in [0.2, 0.25) is 10.0 Å². The van der Waals surface area contributed by atoms with Crippen LogP contribution in [0.1, 0.15) is 21.5 Å². The summed E-state index contributed by atoms with van der Waals surface area (Å²) in [6.07, 6.45) is 3.12. The van der Waals surface area contributed by atoms with Crippen LogP contribution in [0.3, 0.4) is 0 Å². The molecule has 0 spiro atoms. The van der Waals surface area contributed by atoms with Gasteiger partial charge in [-0.1, -0.05) is 30.3 Å². The van der Waals surface area contributed by atoms with Crippen molar-refractivity contribution < 1.29 is 13.2 Å². The third-order valence-corrected chi connectivity index (χ3v) is 5.03. The minimum atomic E-state index is -3.89. The number of sulfonamides is 1. The zero-order chi connectivity index (χ0) is 16.3. The summed E-state index contributed by atoms with van der Waals surface area (Å²) in [7, 11) is -3.89. The first-order valence-corrected chi connectivity index (χ1v) is 8.73. The molecule has 4 nitrogen and oxygen atoms in total. The molecule has 2 N–H and O–H groups in total. The van der Waals surface area contributed by atoms with E-state index in [1.54, 1.807) is 12.1 Å². The first kappa shape index (κ1) is 16.6. The molecule has 2 aromatic carbocycles. The van der Waals surface area contributed by atoms with Crippen molar-refractivity contribution in [1.29, 1.82) is 0 Å². The van der Waals surface area contributed by atoms with Crippen LogP contribution in [-0.2, 0) is 10.0 Å². The van der Waals surface area contributed by atoms with Crippen LogP contribution in [0.5, 0.6) is 0 Å². The Kier molecular flexibility index (Phi) is 4.95. The lowest BCUT2D eigenvalue weighted by atomic mass is 10.1. The van der Waals surface area contributed by atoms with Crippen molar-refractivity contribution in [3.8, 4) is 0 Å². The Morgan fingerprint density at radius 1 is 1.18 bits per heavy atom. The lowest BCUT2D eigenvalue weighted by Crippen LogP contribution is -2.13. The fraction of sp³-hybridized carbons (Fsp3) is 0.0625. The summed E-state index contributed by atoms with van der Waals surface area (Å²) < 4.78 is 23.3. The maximum Gasteiger partial charge on any atom is 0.239 e. The molecule has 0 fully saturated rings. The molecule has 2 rings (SSSR count). The fourth-order valence-corrected chi connectivity index (χ4v) is 3.46. The monoisotopic (exact) mass is 379 g/mol. The molecule has 0 saturated heterocycles. The summed E-state index contributed by atoms with van der Waals surface area (Å²) in [6.45, 7) is 1.95. The Bertz CT molecular complexity index is 857. The van der Waals surface area contributed by atoms with Crippen molar-refractivity contribution >= 4 is 37.8 Å². The number of halogens is 1. The zero-order valence-electron chi connectivity index (χ0n) is 11.8. The molecular formula is C16H14BrNO3S. The second-order valence-electron chi connectivity index (χ2n) is 4.74. The second kappa shape index (κ2) is 6.56. The van der Waals surface area contributed by atoms with Crippen LogP contribution < -0.4 is 5.14 Å². The van der Waals surface area contributed by atoms with Gasteiger partial charge in [-0.05, 0) is 58.3 Å². The van der Waals surface area contributed by atoms with Gasteiger partial charge < -0.3 is 0 Å². The molecule has 0 aliphatic heterocycles. The SMILES string of the molecule is Cc1ccccc1/C=C/C(=O)c1ccc(Br)c(S(N)(=O)=O)c1. The molecule has 114 valence electrons. The smallest absolute Gasteiger partial charge is 0.239 e. The van der Waals surface area contributed by atoms with E-state index in [2.05, 4.69) is 15.9 Å². The van der Waals surface area contributed by atoms with E-state index >= 15 is 0 Å². The highest BCUT2D eigenvalue weighted by Gasteiger charge is 2.15. The summed E-state index contributed by atoms with van der Waals surface area (Å²) >= 11 is 3.11. The van der Waals surface area contributed by atoms with Gasteiger partial charge in [0, 0.05) is 10.0 Å². The molecule has 0 heterocycles. The molecule has 2 aromatic rings. The summed E-state index contributed by atoms with van der Waals surface area (Å²) in [5.74, 6) is -0.291. The Balaban J connectivity index is 2.33. The molecule has 0 amide bonds. The number of hydrogen-bond donors (Lipinski definition) is 1. The Labute approximate surface area is 137 Å². The number of hydrogen-bond acceptors (Lipinski definition) is 3. The minimum Gasteiger partial charge on any atom is -0.289 e. The van der Waals surface area contributed by atoms with Crippen molar-refractivity contribution in [3.63, 3.8) is 0 Å². The molecule has 22 heavy (non-hydrogen) atoms. The van der Waals surface area contributed by atoms with Gasteiger partial charge in [0.1, 0.15) is 0 Å². The highest BCUT2D eigenvalue weighted by atomic mass is 79.9. The van der Waals surface area contributed by atoms with Gasteiger partial charge in [-0.25, -0.2) is 13.6 Å². The summed E-state index contributed by atoms with van der Waals surface area (Å²) in [6, 6.07) is 12.0. The lowest BCUT2D eigenvalue weighted by molar-refractivity contribution is 0.104. The zero-order valence-corrected chi connectivity index (χ0v) is 14.2. The lowest BCUT2D eigenvalue weighted by Gasteiger charge is -2.04. The predicted molar refractivity (Wildman–Crippen MR) is 90.1 cm³/mol. The first-order chi connectivity index (χ1) is 10.3. The van der Waals surface area contributed by atoms with E-state index in [4.69, 9.17) is 5.14 Å². The molecule has 0 unspecified atom stereocenters. The standard InChI is InChI=1S/C16H14BrNO3S/c1-11-4-2-3-5-12(11)7-9-15(19)13-6-8-14(17)16(10-13)22(18,20)21/h2-10H,1H3,(H2,18,20,21)/b9-7+. The summed E-state index contributed by atoms with van der Waals surface area (Å²) in [5, 5.41) is 5.12. The number of carbonyl (C=O) groups is 1. The van der Waals surface area contributed by atoms with E-state index in [9.17, 15) is 13.2 Å². The van der Waals surface area contributed by atoms with Gasteiger partial charge in [-0.3, -0.25) is 4.79 Å². The maximum absolute atomic E-state index is 12.2. The Morgan fingerprint density at radius 3 is 2.50 bits per heavy atom. The van der Waals surface area contributed by atoms with E-state index in [0.717, 1.165) is 11.1 Å². The van der Waals surface area contributed by atoms with Gasteiger partial charge in [0.25, 0.3) is 0 Å². The van der Waals surface area contributed by atoms with E-state index in [1.807, 2.05) is 31.2 Å². The number of benzene rings is 2. The van der Waals surface area contributed by atoms with E-state index in [-0.39, 0.29) is 16.2 Å².